The second kappa shape index (κ2) is 9.80. The number of hydrogen-bond donors (Lipinski definition) is 3. The van der Waals surface area contributed by atoms with E-state index < -0.39 is 0 Å². The summed E-state index contributed by atoms with van der Waals surface area (Å²) in [4.78, 5) is 4.21. The monoisotopic (exact) mass is 464 g/mol. The quantitative estimate of drug-likeness (QED) is 0.306. The summed E-state index contributed by atoms with van der Waals surface area (Å²) in [6.07, 6.45) is 7.25. The van der Waals surface area contributed by atoms with Gasteiger partial charge in [0.15, 0.2) is 5.82 Å². The highest BCUT2D eigenvalue weighted by Crippen LogP contribution is 2.28. The molecule has 0 aliphatic carbocycles. The normalized spacial score (nSPS) is 11.0. The molecule has 5 rings (SSSR count). The molecule has 8 nitrogen and oxygen atoms in total. The fraction of sp³-hybridized carbons (Fsp3) is 0.185. The predicted molar refractivity (Wildman–Crippen MR) is 140 cm³/mol. The summed E-state index contributed by atoms with van der Waals surface area (Å²) in [5, 5.41) is 21.6. The summed E-state index contributed by atoms with van der Waals surface area (Å²) in [5.74, 6) is 1.28. The number of benzene rings is 2. The van der Waals surface area contributed by atoms with Crippen LogP contribution in [0.2, 0.25) is 0 Å². The van der Waals surface area contributed by atoms with Crippen LogP contribution in [-0.2, 0) is 19.6 Å². The van der Waals surface area contributed by atoms with Crippen LogP contribution in [0.5, 0.6) is 0 Å². The van der Waals surface area contributed by atoms with E-state index in [2.05, 4.69) is 75.1 Å². The topological polar surface area (TPSA) is 107 Å². The predicted octanol–water partition coefficient (Wildman–Crippen LogP) is 4.69. The zero-order chi connectivity index (χ0) is 24.2. The van der Waals surface area contributed by atoms with Gasteiger partial charge < -0.3 is 16.4 Å². The Balaban J connectivity index is 1.22. The number of nitrogens with zero attached hydrogens (tertiary/aromatic N) is 5. The van der Waals surface area contributed by atoms with Gasteiger partial charge in [0.2, 0.25) is 0 Å². The lowest BCUT2D eigenvalue weighted by Crippen LogP contribution is -2.08. The number of hydrogen-bond acceptors (Lipinski definition) is 7. The van der Waals surface area contributed by atoms with Crippen LogP contribution >= 0.6 is 0 Å². The molecule has 35 heavy (non-hydrogen) atoms. The molecule has 0 saturated carbocycles. The molecule has 8 heteroatoms. The maximum Gasteiger partial charge on any atom is 0.150 e. The van der Waals surface area contributed by atoms with Crippen molar-refractivity contribution in [3.63, 3.8) is 0 Å². The van der Waals surface area contributed by atoms with E-state index in [1.54, 1.807) is 18.6 Å². The third-order valence-corrected chi connectivity index (χ3v) is 6.24. The zero-order valence-electron chi connectivity index (χ0n) is 19.9. The molecule has 176 valence electrons. The number of nitrogen functional groups attached to an aromatic ring is 1. The Bertz CT molecular complexity index is 1440. The lowest BCUT2D eigenvalue weighted by molar-refractivity contribution is 0.686. The first-order chi connectivity index (χ1) is 17.1. The second-order valence-corrected chi connectivity index (χ2v) is 8.65. The van der Waals surface area contributed by atoms with Crippen molar-refractivity contribution in [3.05, 3.63) is 101 Å². The van der Waals surface area contributed by atoms with E-state index in [0.717, 1.165) is 28.8 Å². The Morgan fingerprint density at radius 2 is 1.74 bits per heavy atom. The van der Waals surface area contributed by atoms with Gasteiger partial charge in [-0.3, -0.25) is 4.68 Å². The summed E-state index contributed by atoms with van der Waals surface area (Å²) in [5.41, 5.74) is 13.0. The van der Waals surface area contributed by atoms with Gasteiger partial charge in [0.05, 0.1) is 18.4 Å². The van der Waals surface area contributed by atoms with Crippen LogP contribution in [0.3, 0.4) is 0 Å². The first kappa shape index (κ1) is 22.3. The highest BCUT2D eigenvalue weighted by atomic mass is 15.3. The summed E-state index contributed by atoms with van der Waals surface area (Å²) in [6.45, 7) is 6.33. The van der Waals surface area contributed by atoms with Crippen LogP contribution in [-0.4, -0.2) is 25.0 Å². The average molecular weight is 465 g/mol. The molecule has 0 fully saturated rings. The molecule has 5 aromatic rings. The van der Waals surface area contributed by atoms with Gasteiger partial charge in [0, 0.05) is 43.1 Å². The smallest absolute Gasteiger partial charge is 0.150 e. The van der Waals surface area contributed by atoms with Crippen LogP contribution in [0, 0.1) is 13.8 Å². The number of pyridine rings is 1. The van der Waals surface area contributed by atoms with Gasteiger partial charge in [0.25, 0.3) is 0 Å². The van der Waals surface area contributed by atoms with E-state index in [-0.39, 0.29) is 0 Å². The van der Waals surface area contributed by atoms with Gasteiger partial charge in [0.1, 0.15) is 5.82 Å². The number of anilines is 3. The van der Waals surface area contributed by atoms with E-state index >= 15 is 0 Å². The van der Waals surface area contributed by atoms with Gasteiger partial charge in [-0.05, 0) is 65.3 Å². The summed E-state index contributed by atoms with van der Waals surface area (Å²) < 4.78 is 1.91. The molecule has 0 amide bonds. The van der Waals surface area contributed by atoms with E-state index in [4.69, 9.17) is 5.73 Å². The lowest BCUT2D eigenvalue weighted by Gasteiger charge is -2.15. The lowest BCUT2D eigenvalue weighted by atomic mass is 9.96. The van der Waals surface area contributed by atoms with Crippen molar-refractivity contribution in [2.24, 2.45) is 0 Å². The SMILES string of the molecule is Cc1cc2c(N)nccc2c(C)c1CNc1cc(NCc2ccc(Cn3cccn3)cc2)cnn1. The van der Waals surface area contributed by atoms with Gasteiger partial charge in [-0.1, -0.05) is 24.3 Å². The van der Waals surface area contributed by atoms with Crippen molar-refractivity contribution in [2.75, 3.05) is 16.4 Å². The van der Waals surface area contributed by atoms with Crippen molar-refractivity contribution in [1.29, 1.82) is 0 Å². The van der Waals surface area contributed by atoms with Crippen molar-refractivity contribution < 1.29 is 0 Å². The Morgan fingerprint density at radius 1 is 0.914 bits per heavy atom. The fourth-order valence-electron chi connectivity index (χ4n) is 4.28. The zero-order valence-corrected chi connectivity index (χ0v) is 19.9. The standard InChI is InChI=1S/C27H28N8/c1-18-12-24-23(8-10-29-27(24)28)19(2)25(18)16-31-26-13-22(15-32-34-26)30-14-20-4-6-21(7-5-20)17-35-11-3-9-33-35/h3-13,15H,14,16-17H2,1-2H3,(H2,28,29)(H2,30,31,34). The number of rotatable bonds is 8. The Kier molecular flexibility index (Phi) is 6.26. The minimum atomic E-state index is 0.561. The molecule has 4 N–H and O–H groups in total. The van der Waals surface area contributed by atoms with Crippen molar-refractivity contribution in [2.45, 2.75) is 33.5 Å². The van der Waals surface area contributed by atoms with Gasteiger partial charge in [-0.25, -0.2) is 4.98 Å². The second-order valence-electron chi connectivity index (χ2n) is 8.65. The highest BCUT2D eigenvalue weighted by Gasteiger charge is 2.10. The molecule has 0 radical (unpaired) electrons. The minimum Gasteiger partial charge on any atom is -0.383 e. The largest absolute Gasteiger partial charge is 0.383 e. The highest BCUT2D eigenvalue weighted by molar-refractivity contribution is 5.94. The molecular formula is C27H28N8. The van der Waals surface area contributed by atoms with Crippen molar-refractivity contribution in [1.82, 2.24) is 25.0 Å². The summed E-state index contributed by atoms with van der Waals surface area (Å²) >= 11 is 0. The Hall–Kier alpha value is -4.46. The number of aryl methyl sites for hydroxylation is 2. The molecule has 0 spiro atoms. The van der Waals surface area contributed by atoms with E-state index in [1.807, 2.05) is 29.1 Å². The molecule has 0 bridgehead atoms. The maximum atomic E-state index is 6.08. The Morgan fingerprint density at radius 3 is 2.54 bits per heavy atom. The summed E-state index contributed by atoms with van der Waals surface area (Å²) in [7, 11) is 0. The van der Waals surface area contributed by atoms with E-state index in [9.17, 15) is 0 Å². The first-order valence-corrected chi connectivity index (χ1v) is 11.6. The fourth-order valence-corrected chi connectivity index (χ4v) is 4.28. The third kappa shape index (κ3) is 5.06. The number of nitrogens with one attached hydrogen (secondary N) is 2. The minimum absolute atomic E-state index is 0.561. The average Bonchev–Trinajstić information content (AvgIpc) is 3.38. The van der Waals surface area contributed by atoms with Crippen LogP contribution < -0.4 is 16.4 Å². The molecule has 0 aliphatic rings. The summed E-state index contributed by atoms with van der Waals surface area (Å²) in [6, 6.07) is 16.6. The molecule has 2 aromatic carbocycles. The van der Waals surface area contributed by atoms with E-state index in [0.29, 0.717) is 18.9 Å². The number of aromatic nitrogens is 5. The van der Waals surface area contributed by atoms with Crippen LogP contribution in [0.4, 0.5) is 17.3 Å². The number of nitrogens with two attached hydrogens (primary N) is 1. The molecule has 0 atom stereocenters. The van der Waals surface area contributed by atoms with Gasteiger partial charge in [-0.15, -0.1) is 5.10 Å². The molecular weight excluding hydrogens is 436 g/mol. The molecule has 3 heterocycles. The van der Waals surface area contributed by atoms with E-state index in [1.165, 1.54) is 27.8 Å². The molecule has 3 aromatic heterocycles. The van der Waals surface area contributed by atoms with Crippen LogP contribution in [0.1, 0.15) is 27.8 Å². The van der Waals surface area contributed by atoms with Crippen molar-refractivity contribution in [3.8, 4) is 0 Å². The van der Waals surface area contributed by atoms with Crippen LogP contribution in [0.15, 0.2) is 73.3 Å². The molecule has 0 aliphatic heterocycles. The third-order valence-electron chi connectivity index (χ3n) is 6.24. The molecule has 0 unspecified atom stereocenters. The first-order valence-electron chi connectivity index (χ1n) is 11.6. The van der Waals surface area contributed by atoms with Gasteiger partial charge in [-0.2, -0.15) is 10.2 Å². The van der Waals surface area contributed by atoms with Crippen molar-refractivity contribution >= 4 is 28.1 Å². The molecule has 0 saturated heterocycles. The maximum absolute atomic E-state index is 6.08. The van der Waals surface area contributed by atoms with Gasteiger partial charge >= 0.3 is 0 Å². The Labute approximate surface area is 204 Å². The number of fused-ring (bicyclic) bond motifs is 1. The van der Waals surface area contributed by atoms with Crippen LogP contribution in [0.25, 0.3) is 10.8 Å².